The van der Waals surface area contributed by atoms with Gasteiger partial charge in [-0.3, -0.25) is 0 Å². The van der Waals surface area contributed by atoms with Gasteiger partial charge in [-0.15, -0.1) is 0 Å². The first-order valence-electron chi connectivity index (χ1n) is 4.29. The molecule has 5 heteroatoms. The third kappa shape index (κ3) is 1.26. The second-order valence-electron chi connectivity index (χ2n) is 2.83. The highest BCUT2D eigenvalue weighted by molar-refractivity contribution is 5.79. The summed E-state index contributed by atoms with van der Waals surface area (Å²) in [6, 6.07) is 3.24. The Kier molecular flexibility index (Phi) is 1.99. The van der Waals surface area contributed by atoms with Gasteiger partial charge in [-0.2, -0.15) is 0 Å². The molecule has 1 aromatic carbocycles. The van der Waals surface area contributed by atoms with Crippen molar-refractivity contribution >= 4 is 17.0 Å². The minimum atomic E-state index is -0.475. The molecule has 0 fully saturated rings. The van der Waals surface area contributed by atoms with Crippen LogP contribution in [-0.4, -0.2) is 16.6 Å². The quantitative estimate of drug-likeness (QED) is 0.766. The highest BCUT2D eigenvalue weighted by Gasteiger charge is 2.11. The summed E-state index contributed by atoms with van der Waals surface area (Å²) in [7, 11) is 0. The van der Waals surface area contributed by atoms with Gasteiger partial charge in [0, 0.05) is 0 Å². The molecule has 0 radical (unpaired) electrons. The summed E-state index contributed by atoms with van der Waals surface area (Å²) in [6.45, 7) is 2.21. The minimum absolute atomic E-state index is 0.200. The molecule has 0 aliphatic carbocycles. The minimum Gasteiger partial charge on any atom is -0.491 e. The van der Waals surface area contributed by atoms with Gasteiger partial charge in [-0.1, -0.05) is 0 Å². The molecule has 0 atom stereocenters. The zero-order valence-corrected chi connectivity index (χ0v) is 7.67. The highest BCUT2D eigenvalue weighted by Crippen LogP contribution is 2.25. The standard InChI is InChI=1S/C9H10FN3O/c1-2-14-6-4-3-5-8(7(6)10)13-9(11)12-5/h3-4H,2H2,1H3,(H3,11,12,13). The number of imidazole rings is 1. The SMILES string of the molecule is CCOc1ccc2[nH]c(N)nc2c1F. The van der Waals surface area contributed by atoms with Crippen molar-refractivity contribution in [2.75, 3.05) is 12.3 Å². The van der Waals surface area contributed by atoms with E-state index < -0.39 is 5.82 Å². The van der Waals surface area contributed by atoms with E-state index in [1.165, 1.54) is 0 Å². The van der Waals surface area contributed by atoms with Crippen molar-refractivity contribution in [2.24, 2.45) is 0 Å². The van der Waals surface area contributed by atoms with Crippen LogP contribution in [0.3, 0.4) is 0 Å². The van der Waals surface area contributed by atoms with Gasteiger partial charge < -0.3 is 15.5 Å². The molecule has 0 bridgehead atoms. The highest BCUT2D eigenvalue weighted by atomic mass is 19.1. The molecule has 3 N–H and O–H groups in total. The molecule has 0 saturated heterocycles. The number of nitrogen functional groups attached to an aromatic ring is 1. The van der Waals surface area contributed by atoms with Gasteiger partial charge in [0.2, 0.25) is 0 Å². The molecule has 1 aromatic heterocycles. The van der Waals surface area contributed by atoms with E-state index in [-0.39, 0.29) is 17.2 Å². The molecule has 2 rings (SSSR count). The molecule has 74 valence electrons. The molecule has 0 spiro atoms. The van der Waals surface area contributed by atoms with E-state index in [2.05, 4.69) is 9.97 Å². The number of fused-ring (bicyclic) bond motifs is 1. The van der Waals surface area contributed by atoms with E-state index >= 15 is 0 Å². The number of halogens is 1. The third-order valence-electron chi connectivity index (χ3n) is 1.88. The van der Waals surface area contributed by atoms with Gasteiger partial charge in [0.15, 0.2) is 17.5 Å². The molecular formula is C9H10FN3O. The Morgan fingerprint density at radius 3 is 3.07 bits per heavy atom. The van der Waals surface area contributed by atoms with Crippen LogP contribution in [0.2, 0.25) is 0 Å². The average Bonchev–Trinajstić information content (AvgIpc) is 2.52. The zero-order valence-electron chi connectivity index (χ0n) is 7.67. The normalized spacial score (nSPS) is 10.7. The maximum absolute atomic E-state index is 13.6. The number of nitrogens with two attached hydrogens (primary N) is 1. The summed E-state index contributed by atoms with van der Waals surface area (Å²) in [4.78, 5) is 6.56. The van der Waals surface area contributed by atoms with E-state index in [0.717, 1.165) is 0 Å². The van der Waals surface area contributed by atoms with Crippen molar-refractivity contribution in [3.8, 4) is 5.75 Å². The van der Waals surface area contributed by atoms with Crippen LogP contribution in [0, 0.1) is 5.82 Å². The number of hydrogen-bond donors (Lipinski definition) is 2. The Morgan fingerprint density at radius 1 is 1.57 bits per heavy atom. The molecule has 0 amide bonds. The van der Waals surface area contributed by atoms with Gasteiger partial charge in [-0.25, -0.2) is 9.37 Å². The van der Waals surface area contributed by atoms with Crippen LogP contribution in [0.5, 0.6) is 5.75 Å². The molecule has 0 unspecified atom stereocenters. The summed E-state index contributed by atoms with van der Waals surface area (Å²) in [5.41, 5.74) is 6.20. The largest absolute Gasteiger partial charge is 0.491 e. The second kappa shape index (κ2) is 3.17. The van der Waals surface area contributed by atoms with Crippen molar-refractivity contribution in [3.63, 3.8) is 0 Å². The Hall–Kier alpha value is -1.78. The first-order valence-corrected chi connectivity index (χ1v) is 4.29. The molecule has 1 heterocycles. The average molecular weight is 195 g/mol. The maximum atomic E-state index is 13.6. The van der Waals surface area contributed by atoms with Crippen molar-refractivity contribution in [1.29, 1.82) is 0 Å². The van der Waals surface area contributed by atoms with Crippen molar-refractivity contribution < 1.29 is 9.13 Å². The van der Waals surface area contributed by atoms with Crippen LogP contribution in [0.25, 0.3) is 11.0 Å². The van der Waals surface area contributed by atoms with Gasteiger partial charge in [-0.05, 0) is 19.1 Å². The molecule has 4 nitrogen and oxygen atoms in total. The van der Waals surface area contributed by atoms with Gasteiger partial charge in [0.05, 0.1) is 12.1 Å². The Balaban J connectivity index is 2.61. The van der Waals surface area contributed by atoms with Crippen LogP contribution in [-0.2, 0) is 0 Å². The van der Waals surface area contributed by atoms with E-state index in [1.807, 2.05) is 0 Å². The molecule has 2 aromatic rings. The zero-order chi connectivity index (χ0) is 10.1. The molecule has 0 aliphatic rings. The van der Waals surface area contributed by atoms with E-state index in [4.69, 9.17) is 10.5 Å². The number of nitrogens with one attached hydrogen (secondary N) is 1. The molecular weight excluding hydrogens is 185 g/mol. The van der Waals surface area contributed by atoms with Crippen LogP contribution < -0.4 is 10.5 Å². The fourth-order valence-corrected chi connectivity index (χ4v) is 1.31. The predicted molar refractivity (Wildman–Crippen MR) is 51.6 cm³/mol. The van der Waals surface area contributed by atoms with Gasteiger partial charge in [0.1, 0.15) is 5.52 Å². The van der Waals surface area contributed by atoms with E-state index in [0.29, 0.717) is 12.1 Å². The smallest absolute Gasteiger partial charge is 0.198 e. The van der Waals surface area contributed by atoms with Crippen LogP contribution in [0.15, 0.2) is 12.1 Å². The van der Waals surface area contributed by atoms with E-state index in [9.17, 15) is 4.39 Å². The van der Waals surface area contributed by atoms with Gasteiger partial charge >= 0.3 is 0 Å². The van der Waals surface area contributed by atoms with E-state index in [1.54, 1.807) is 19.1 Å². The fraction of sp³-hybridized carbons (Fsp3) is 0.222. The summed E-state index contributed by atoms with van der Waals surface area (Å²) in [5.74, 6) is -0.0728. The fourth-order valence-electron chi connectivity index (χ4n) is 1.31. The maximum Gasteiger partial charge on any atom is 0.198 e. The molecule has 14 heavy (non-hydrogen) atoms. The summed E-state index contributed by atoms with van der Waals surface area (Å²) in [6.07, 6.45) is 0. The first-order chi connectivity index (χ1) is 6.72. The number of hydrogen-bond acceptors (Lipinski definition) is 3. The topological polar surface area (TPSA) is 63.9 Å². The van der Waals surface area contributed by atoms with Gasteiger partial charge in [0.25, 0.3) is 0 Å². The van der Waals surface area contributed by atoms with Crippen molar-refractivity contribution in [2.45, 2.75) is 6.92 Å². The van der Waals surface area contributed by atoms with Crippen LogP contribution in [0.4, 0.5) is 10.3 Å². The number of rotatable bonds is 2. The molecule has 0 aliphatic heterocycles. The van der Waals surface area contributed by atoms with Crippen molar-refractivity contribution in [3.05, 3.63) is 17.9 Å². The van der Waals surface area contributed by atoms with Crippen LogP contribution in [0.1, 0.15) is 6.92 Å². The lowest BCUT2D eigenvalue weighted by molar-refractivity contribution is 0.323. The van der Waals surface area contributed by atoms with Crippen LogP contribution >= 0.6 is 0 Å². The second-order valence-corrected chi connectivity index (χ2v) is 2.83. The Labute approximate surface area is 79.9 Å². The lowest BCUT2D eigenvalue weighted by Gasteiger charge is -2.03. The summed E-state index contributed by atoms with van der Waals surface area (Å²) < 4.78 is 18.7. The number of nitrogens with zero attached hydrogens (tertiary/aromatic N) is 1. The Morgan fingerprint density at radius 2 is 2.36 bits per heavy atom. The Bertz CT molecular complexity index is 466. The number of aromatic nitrogens is 2. The summed E-state index contributed by atoms with van der Waals surface area (Å²) in [5, 5.41) is 0. The number of aromatic amines is 1. The third-order valence-corrected chi connectivity index (χ3v) is 1.88. The number of benzene rings is 1. The predicted octanol–water partition coefficient (Wildman–Crippen LogP) is 1.68. The van der Waals surface area contributed by atoms with Crippen molar-refractivity contribution in [1.82, 2.24) is 9.97 Å². The molecule has 0 saturated carbocycles. The summed E-state index contributed by atoms with van der Waals surface area (Å²) >= 11 is 0. The first kappa shape index (κ1) is 8.80. The number of H-pyrrole nitrogens is 1. The number of ether oxygens (including phenoxy) is 1. The number of anilines is 1. The monoisotopic (exact) mass is 195 g/mol. The lowest BCUT2D eigenvalue weighted by Crippen LogP contribution is -1.94. The lowest BCUT2D eigenvalue weighted by atomic mass is 10.3.